The number of nitrogens with zero attached hydrogens (tertiary/aromatic N) is 2. The highest BCUT2D eigenvalue weighted by Crippen LogP contribution is 2.35. The van der Waals surface area contributed by atoms with Crippen molar-refractivity contribution in [3.05, 3.63) is 0 Å². The normalized spacial score (nSPS) is 44.4. The van der Waals surface area contributed by atoms with Crippen molar-refractivity contribution < 1.29 is 14.2 Å². The van der Waals surface area contributed by atoms with Gasteiger partial charge < -0.3 is 14.2 Å². The van der Waals surface area contributed by atoms with Gasteiger partial charge in [0.15, 0.2) is 12.3 Å². The molecule has 2 aliphatic heterocycles. The van der Waals surface area contributed by atoms with E-state index < -0.39 is 0 Å². The van der Waals surface area contributed by atoms with Crippen LogP contribution in [0.15, 0.2) is 5.11 Å². The molecule has 2 saturated heterocycles. The zero-order valence-corrected chi connectivity index (χ0v) is 6.64. The van der Waals surface area contributed by atoms with Crippen molar-refractivity contribution in [2.75, 3.05) is 13.7 Å². The molecule has 4 unspecified atom stereocenters. The Morgan fingerprint density at radius 3 is 3.08 bits per heavy atom. The van der Waals surface area contributed by atoms with Crippen molar-refractivity contribution in [3.8, 4) is 0 Å². The van der Waals surface area contributed by atoms with E-state index in [2.05, 4.69) is 10.0 Å². The minimum absolute atomic E-state index is 0.0146. The zero-order chi connectivity index (χ0) is 8.55. The highest BCUT2D eigenvalue weighted by molar-refractivity contribution is 4.99. The fourth-order valence-electron chi connectivity index (χ4n) is 1.42. The second kappa shape index (κ2) is 2.91. The fraction of sp³-hybridized carbons (Fsp3) is 1.00. The molecule has 12 heavy (non-hydrogen) atoms. The van der Waals surface area contributed by atoms with E-state index in [0.717, 1.165) is 0 Å². The number of nitrogens with one attached hydrogen (secondary N) is 1. The summed E-state index contributed by atoms with van der Waals surface area (Å²) in [6.07, 6.45) is -0.246. The minimum Gasteiger partial charge on any atom is -0.361 e. The van der Waals surface area contributed by atoms with Crippen LogP contribution in [0, 0.1) is 5.53 Å². The molecule has 0 aromatic heterocycles. The summed E-state index contributed by atoms with van der Waals surface area (Å²) >= 11 is 0. The van der Waals surface area contributed by atoms with Crippen molar-refractivity contribution in [3.63, 3.8) is 0 Å². The smallest absolute Gasteiger partial charge is 0.214 e. The second-order valence-corrected chi connectivity index (χ2v) is 2.79. The Morgan fingerprint density at radius 2 is 2.42 bits per heavy atom. The maximum absolute atomic E-state index is 6.56. The summed E-state index contributed by atoms with van der Waals surface area (Å²) in [6, 6.07) is -0.126. The molecule has 0 spiro atoms. The summed E-state index contributed by atoms with van der Waals surface area (Å²) in [7, 11) is 1.58. The molecule has 0 aliphatic carbocycles. The standard InChI is InChI=1S/C6H10N3O3/c1-10-6-5-4(12-5)3(2-11-6)8-9-7/h3-7H,2H2,1H3/q+1. The van der Waals surface area contributed by atoms with Crippen LogP contribution in [0.2, 0.25) is 0 Å². The Morgan fingerprint density at radius 1 is 1.58 bits per heavy atom. The minimum atomic E-state index is -0.271. The SMILES string of the molecule is COC1OCC(N=[N+]=N)C2OC12. The van der Waals surface area contributed by atoms with Gasteiger partial charge in [0.2, 0.25) is 4.91 Å². The summed E-state index contributed by atoms with van der Waals surface area (Å²) in [4.78, 5) is 2.96. The molecule has 6 heteroatoms. The number of fused-ring (bicyclic) bond motifs is 1. The first-order valence-corrected chi connectivity index (χ1v) is 3.73. The number of epoxide rings is 1. The number of rotatable bonds is 2. The predicted octanol–water partition coefficient (Wildman–Crippen LogP) is -0.325. The van der Waals surface area contributed by atoms with Gasteiger partial charge in [-0.1, -0.05) is 0 Å². The van der Waals surface area contributed by atoms with Crippen LogP contribution in [0.25, 0.3) is 0 Å². The van der Waals surface area contributed by atoms with Crippen molar-refractivity contribution in [1.82, 2.24) is 4.91 Å². The number of ether oxygens (including phenoxy) is 3. The molecule has 2 rings (SSSR count). The molecule has 1 N–H and O–H groups in total. The third-order valence-electron chi connectivity index (χ3n) is 2.08. The van der Waals surface area contributed by atoms with E-state index in [1.807, 2.05) is 0 Å². The van der Waals surface area contributed by atoms with Gasteiger partial charge in [0.25, 0.3) is 0 Å². The van der Waals surface area contributed by atoms with E-state index in [-0.39, 0.29) is 24.5 Å². The lowest BCUT2D eigenvalue weighted by Gasteiger charge is -2.18. The van der Waals surface area contributed by atoms with Gasteiger partial charge >= 0.3 is 0 Å². The van der Waals surface area contributed by atoms with Gasteiger partial charge in [-0.3, -0.25) is 0 Å². The van der Waals surface area contributed by atoms with E-state index in [0.29, 0.717) is 6.61 Å². The summed E-state index contributed by atoms with van der Waals surface area (Å²) in [5.41, 5.74) is 6.56. The summed E-state index contributed by atoms with van der Waals surface area (Å²) in [5.74, 6) is 0. The largest absolute Gasteiger partial charge is 0.361 e. The van der Waals surface area contributed by atoms with Crippen molar-refractivity contribution in [1.29, 1.82) is 5.53 Å². The van der Waals surface area contributed by atoms with Crippen molar-refractivity contribution >= 4 is 0 Å². The average Bonchev–Trinajstić information content (AvgIpc) is 2.85. The van der Waals surface area contributed by atoms with Gasteiger partial charge in [0.05, 0.1) is 6.61 Å². The first-order valence-electron chi connectivity index (χ1n) is 3.73. The lowest BCUT2D eigenvalue weighted by atomic mass is 10.1. The van der Waals surface area contributed by atoms with Gasteiger partial charge in [-0.25, -0.2) is 0 Å². The first kappa shape index (κ1) is 7.82. The lowest BCUT2D eigenvalue weighted by Crippen LogP contribution is -2.37. The molecule has 0 bridgehead atoms. The Bertz CT molecular complexity index is 228. The van der Waals surface area contributed by atoms with E-state index in [9.17, 15) is 0 Å². The van der Waals surface area contributed by atoms with Gasteiger partial charge in [-0.15, -0.1) is 0 Å². The first-order chi connectivity index (χ1) is 5.86. The van der Waals surface area contributed by atoms with Crippen LogP contribution in [0.1, 0.15) is 0 Å². The van der Waals surface area contributed by atoms with E-state index in [1.54, 1.807) is 7.11 Å². The molecule has 2 fully saturated rings. The van der Waals surface area contributed by atoms with Gasteiger partial charge in [0, 0.05) is 7.11 Å². The Labute approximate surface area is 69.0 Å². The van der Waals surface area contributed by atoms with Crippen LogP contribution in [0.4, 0.5) is 0 Å². The molecule has 0 aromatic rings. The molecule has 4 atom stereocenters. The topological polar surface area (TPSA) is 81.3 Å². The Kier molecular flexibility index (Phi) is 1.90. The van der Waals surface area contributed by atoms with Crippen LogP contribution in [-0.2, 0) is 14.2 Å². The zero-order valence-electron chi connectivity index (χ0n) is 6.64. The molecule has 0 amide bonds. The van der Waals surface area contributed by atoms with Crippen LogP contribution >= 0.6 is 0 Å². The predicted molar refractivity (Wildman–Crippen MR) is 36.5 cm³/mol. The van der Waals surface area contributed by atoms with Gasteiger partial charge in [0.1, 0.15) is 22.9 Å². The summed E-state index contributed by atoms with van der Waals surface area (Å²) in [6.45, 7) is 0.419. The summed E-state index contributed by atoms with van der Waals surface area (Å²) in [5, 5.41) is 3.66. The Hall–Kier alpha value is -0.810. The van der Waals surface area contributed by atoms with Crippen LogP contribution in [-0.4, -0.2) is 38.3 Å². The fourth-order valence-corrected chi connectivity index (χ4v) is 1.42. The molecule has 66 valence electrons. The third kappa shape index (κ3) is 1.15. The Balaban J connectivity index is 1.98. The molecule has 0 radical (unpaired) electrons. The summed E-state index contributed by atoms with van der Waals surface area (Å²) < 4.78 is 15.5. The van der Waals surface area contributed by atoms with E-state index >= 15 is 0 Å². The van der Waals surface area contributed by atoms with Crippen LogP contribution in [0.3, 0.4) is 0 Å². The third-order valence-corrected chi connectivity index (χ3v) is 2.08. The molecule has 6 nitrogen and oxygen atoms in total. The number of hydrogen-bond donors (Lipinski definition) is 1. The highest BCUT2D eigenvalue weighted by Gasteiger charge is 2.56. The van der Waals surface area contributed by atoms with Crippen LogP contribution < -0.4 is 4.91 Å². The average molecular weight is 172 g/mol. The van der Waals surface area contributed by atoms with Crippen molar-refractivity contribution in [2.24, 2.45) is 5.11 Å². The second-order valence-electron chi connectivity index (χ2n) is 2.79. The number of hydrogen-bond acceptors (Lipinski definition) is 5. The molecular formula is C6H10N3O3+. The molecule has 0 saturated carbocycles. The maximum Gasteiger partial charge on any atom is 0.214 e. The lowest BCUT2D eigenvalue weighted by molar-refractivity contribution is -0.144. The van der Waals surface area contributed by atoms with Gasteiger partial charge in [-0.2, -0.15) is 0 Å². The molecule has 2 aliphatic rings. The van der Waals surface area contributed by atoms with Crippen LogP contribution in [0.5, 0.6) is 0 Å². The molecule has 0 aromatic carbocycles. The molecule has 2 heterocycles. The molecular weight excluding hydrogens is 162 g/mol. The monoisotopic (exact) mass is 172 g/mol. The van der Waals surface area contributed by atoms with E-state index in [1.165, 1.54) is 0 Å². The number of methoxy groups -OCH3 is 1. The van der Waals surface area contributed by atoms with E-state index in [4.69, 9.17) is 19.7 Å². The van der Waals surface area contributed by atoms with Crippen molar-refractivity contribution in [2.45, 2.75) is 24.5 Å². The highest BCUT2D eigenvalue weighted by atomic mass is 16.7. The quantitative estimate of drug-likeness (QED) is 0.352. The maximum atomic E-state index is 6.56. The van der Waals surface area contributed by atoms with Gasteiger partial charge in [-0.05, 0) is 0 Å².